The highest BCUT2D eigenvalue weighted by Crippen LogP contribution is 2.26. The molecule has 4 nitrogen and oxygen atoms in total. The van der Waals surface area contributed by atoms with E-state index >= 15 is 0 Å². The molecule has 0 amide bonds. The van der Waals surface area contributed by atoms with Gasteiger partial charge in [0.1, 0.15) is 0 Å². The number of hydrogen-bond acceptors (Lipinski definition) is 3. The largest absolute Gasteiger partial charge is 0.326 e. The van der Waals surface area contributed by atoms with Crippen LogP contribution in [0.4, 0.5) is 0 Å². The number of rotatable bonds is 4. The molecule has 2 heterocycles. The minimum Gasteiger partial charge on any atom is -0.326 e. The average molecular weight is 266 g/mol. The summed E-state index contributed by atoms with van der Waals surface area (Å²) in [7, 11) is 0. The Morgan fingerprint density at radius 3 is 2.65 bits per heavy atom. The molecule has 0 fully saturated rings. The maximum Gasteiger partial charge on any atom is 0.0927 e. The van der Waals surface area contributed by atoms with Crippen LogP contribution in [0.2, 0.25) is 0 Å². The van der Waals surface area contributed by atoms with Gasteiger partial charge in [-0.1, -0.05) is 25.1 Å². The zero-order chi connectivity index (χ0) is 13.9. The van der Waals surface area contributed by atoms with E-state index in [1.165, 1.54) is 0 Å². The topological polar surface area (TPSA) is 56.7 Å². The predicted octanol–water partition coefficient (Wildman–Crippen LogP) is 2.76. The van der Waals surface area contributed by atoms with Crippen molar-refractivity contribution in [3.63, 3.8) is 0 Å². The van der Waals surface area contributed by atoms with Gasteiger partial charge in [-0.2, -0.15) is 5.10 Å². The summed E-state index contributed by atoms with van der Waals surface area (Å²) < 4.78 is 2.03. The SMILES string of the molecule is CCC(N)C(c1ccncc1)n1ncc2ccccc21. The van der Waals surface area contributed by atoms with Gasteiger partial charge in [0, 0.05) is 23.8 Å². The highest BCUT2D eigenvalue weighted by molar-refractivity contribution is 5.78. The van der Waals surface area contributed by atoms with Crippen LogP contribution in [-0.4, -0.2) is 20.8 Å². The number of benzene rings is 1. The summed E-state index contributed by atoms with van der Waals surface area (Å²) in [6.45, 7) is 2.10. The van der Waals surface area contributed by atoms with E-state index in [4.69, 9.17) is 5.73 Å². The lowest BCUT2D eigenvalue weighted by Gasteiger charge is -2.24. The van der Waals surface area contributed by atoms with E-state index in [0.29, 0.717) is 0 Å². The Balaban J connectivity index is 2.15. The van der Waals surface area contributed by atoms with Crippen LogP contribution in [0.5, 0.6) is 0 Å². The molecule has 1 aromatic carbocycles. The van der Waals surface area contributed by atoms with Crippen molar-refractivity contribution in [1.82, 2.24) is 14.8 Å². The number of nitrogens with two attached hydrogens (primary N) is 1. The van der Waals surface area contributed by atoms with E-state index < -0.39 is 0 Å². The van der Waals surface area contributed by atoms with Crippen LogP contribution in [0, 0.1) is 0 Å². The van der Waals surface area contributed by atoms with Crippen LogP contribution < -0.4 is 5.73 Å². The van der Waals surface area contributed by atoms with Crippen molar-refractivity contribution < 1.29 is 0 Å². The van der Waals surface area contributed by atoms with Crippen LogP contribution in [0.3, 0.4) is 0 Å². The summed E-state index contributed by atoms with van der Waals surface area (Å²) >= 11 is 0. The third-order valence-corrected chi connectivity index (χ3v) is 3.69. The van der Waals surface area contributed by atoms with Crippen LogP contribution in [0.25, 0.3) is 10.9 Å². The molecule has 0 saturated carbocycles. The molecular formula is C16H18N4. The van der Waals surface area contributed by atoms with Crippen molar-refractivity contribution in [3.8, 4) is 0 Å². The van der Waals surface area contributed by atoms with E-state index in [9.17, 15) is 0 Å². The van der Waals surface area contributed by atoms with E-state index in [0.717, 1.165) is 22.9 Å². The highest BCUT2D eigenvalue weighted by atomic mass is 15.3. The predicted molar refractivity (Wildman–Crippen MR) is 80.4 cm³/mol. The molecule has 3 aromatic rings. The zero-order valence-corrected chi connectivity index (χ0v) is 11.5. The van der Waals surface area contributed by atoms with E-state index in [1.54, 1.807) is 12.4 Å². The van der Waals surface area contributed by atoms with Crippen LogP contribution >= 0.6 is 0 Å². The molecule has 102 valence electrons. The molecule has 2 atom stereocenters. The minimum atomic E-state index is 0.0145. The van der Waals surface area contributed by atoms with Gasteiger partial charge in [0.2, 0.25) is 0 Å². The summed E-state index contributed by atoms with van der Waals surface area (Å²) in [5.41, 5.74) is 8.60. The zero-order valence-electron chi connectivity index (χ0n) is 11.5. The van der Waals surface area contributed by atoms with Crippen molar-refractivity contribution in [3.05, 3.63) is 60.6 Å². The van der Waals surface area contributed by atoms with Gasteiger partial charge in [0.15, 0.2) is 0 Å². The van der Waals surface area contributed by atoms with Gasteiger partial charge < -0.3 is 5.73 Å². The lowest BCUT2D eigenvalue weighted by Crippen LogP contribution is -2.33. The molecule has 3 rings (SSSR count). The molecule has 0 radical (unpaired) electrons. The molecule has 2 unspecified atom stereocenters. The smallest absolute Gasteiger partial charge is 0.0927 e. The lowest BCUT2D eigenvalue weighted by atomic mass is 9.99. The molecule has 0 aliphatic carbocycles. The van der Waals surface area contributed by atoms with Crippen molar-refractivity contribution in [2.45, 2.75) is 25.4 Å². The second-order valence-electron chi connectivity index (χ2n) is 4.95. The number of pyridine rings is 1. The maximum absolute atomic E-state index is 6.35. The summed E-state index contributed by atoms with van der Waals surface area (Å²) in [6.07, 6.45) is 6.39. The summed E-state index contributed by atoms with van der Waals surface area (Å²) in [4.78, 5) is 4.09. The van der Waals surface area contributed by atoms with E-state index in [1.807, 2.05) is 35.1 Å². The minimum absolute atomic E-state index is 0.0145. The average Bonchev–Trinajstić information content (AvgIpc) is 2.92. The Morgan fingerprint density at radius 2 is 1.90 bits per heavy atom. The van der Waals surface area contributed by atoms with Gasteiger partial charge in [-0.05, 0) is 30.2 Å². The normalized spacial score (nSPS) is 14.3. The van der Waals surface area contributed by atoms with Crippen molar-refractivity contribution in [2.24, 2.45) is 5.73 Å². The fourth-order valence-corrected chi connectivity index (χ4v) is 2.57. The molecule has 0 spiro atoms. The van der Waals surface area contributed by atoms with Crippen molar-refractivity contribution in [1.29, 1.82) is 0 Å². The summed E-state index contributed by atoms with van der Waals surface area (Å²) in [6, 6.07) is 12.3. The van der Waals surface area contributed by atoms with Gasteiger partial charge in [0.25, 0.3) is 0 Å². The Kier molecular flexibility index (Phi) is 3.48. The fraction of sp³-hybridized carbons (Fsp3) is 0.250. The Hall–Kier alpha value is -2.20. The third kappa shape index (κ3) is 2.18. The Bertz CT molecular complexity index is 690. The van der Waals surface area contributed by atoms with Gasteiger partial charge in [-0.3, -0.25) is 9.67 Å². The molecule has 0 aliphatic heterocycles. The third-order valence-electron chi connectivity index (χ3n) is 3.69. The fourth-order valence-electron chi connectivity index (χ4n) is 2.57. The van der Waals surface area contributed by atoms with Crippen molar-refractivity contribution >= 4 is 10.9 Å². The summed E-state index contributed by atoms with van der Waals surface area (Å²) in [5, 5.41) is 5.69. The quantitative estimate of drug-likeness (QED) is 0.790. The first kappa shape index (κ1) is 12.8. The number of aromatic nitrogens is 3. The van der Waals surface area contributed by atoms with Crippen LogP contribution in [-0.2, 0) is 0 Å². The standard InChI is InChI=1S/C16H18N4/c1-2-14(17)16(12-7-9-18-10-8-12)20-15-6-4-3-5-13(15)11-19-20/h3-11,14,16H,2,17H2,1H3. The maximum atomic E-state index is 6.35. The number of para-hydroxylation sites is 1. The number of hydrogen-bond donors (Lipinski definition) is 1. The summed E-state index contributed by atoms with van der Waals surface area (Å²) in [5.74, 6) is 0. The van der Waals surface area contributed by atoms with Gasteiger partial charge in [-0.15, -0.1) is 0 Å². The molecule has 2 N–H and O–H groups in total. The second kappa shape index (κ2) is 5.43. The molecule has 20 heavy (non-hydrogen) atoms. The molecule has 0 bridgehead atoms. The molecule has 4 heteroatoms. The van der Waals surface area contributed by atoms with Gasteiger partial charge >= 0.3 is 0 Å². The highest BCUT2D eigenvalue weighted by Gasteiger charge is 2.22. The van der Waals surface area contributed by atoms with Gasteiger partial charge in [0.05, 0.1) is 17.8 Å². The number of nitrogens with zero attached hydrogens (tertiary/aromatic N) is 3. The van der Waals surface area contributed by atoms with Crippen LogP contribution in [0.15, 0.2) is 55.0 Å². The van der Waals surface area contributed by atoms with E-state index in [-0.39, 0.29) is 12.1 Å². The monoisotopic (exact) mass is 266 g/mol. The molecular weight excluding hydrogens is 248 g/mol. The van der Waals surface area contributed by atoms with Crippen molar-refractivity contribution in [2.75, 3.05) is 0 Å². The first-order chi connectivity index (χ1) is 9.81. The second-order valence-corrected chi connectivity index (χ2v) is 4.95. The first-order valence-corrected chi connectivity index (χ1v) is 6.89. The first-order valence-electron chi connectivity index (χ1n) is 6.89. The molecule has 2 aromatic heterocycles. The molecule has 0 saturated heterocycles. The Morgan fingerprint density at radius 1 is 1.15 bits per heavy atom. The Labute approximate surface area is 118 Å². The van der Waals surface area contributed by atoms with Crippen LogP contribution in [0.1, 0.15) is 24.9 Å². The lowest BCUT2D eigenvalue weighted by molar-refractivity contribution is 0.434. The van der Waals surface area contributed by atoms with Gasteiger partial charge in [-0.25, -0.2) is 0 Å². The number of fused-ring (bicyclic) bond motifs is 1. The van der Waals surface area contributed by atoms with E-state index in [2.05, 4.69) is 29.1 Å². The molecule has 0 aliphatic rings.